The third-order valence-electron chi connectivity index (χ3n) is 5.26. The number of nitrogens with zero attached hydrogens (tertiary/aromatic N) is 2. The van der Waals surface area contributed by atoms with Crippen LogP contribution in [-0.2, 0) is 20.9 Å². The second-order valence-electron chi connectivity index (χ2n) is 7.02. The number of halogens is 3. The van der Waals surface area contributed by atoms with Crippen LogP contribution in [0.25, 0.3) is 0 Å². The Morgan fingerprint density at radius 1 is 1.45 bits per heavy atom. The number of hydrogen-bond donors (Lipinski definition) is 1. The molecule has 3 rings (SSSR count). The van der Waals surface area contributed by atoms with E-state index >= 15 is 0 Å². The van der Waals surface area contributed by atoms with E-state index in [1.54, 1.807) is 6.08 Å². The Kier molecular flexibility index (Phi) is 7.84. The van der Waals surface area contributed by atoms with Gasteiger partial charge in [-0.3, -0.25) is 9.69 Å². The van der Waals surface area contributed by atoms with Crippen molar-refractivity contribution in [3.8, 4) is 0 Å². The number of aliphatic carboxylic acids is 1. The summed E-state index contributed by atoms with van der Waals surface area (Å²) in [4.78, 5) is 26.8. The highest BCUT2D eigenvalue weighted by atomic mass is 32.1. The summed E-state index contributed by atoms with van der Waals surface area (Å²) in [7, 11) is 0. The Morgan fingerprint density at radius 3 is 2.55 bits per heavy atom. The molecular weight excluding hydrogens is 409 g/mol. The maximum Gasteiger partial charge on any atom is 0.490 e. The Hall–Kier alpha value is -1.91. The lowest BCUT2D eigenvalue weighted by molar-refractivity contribution is -0.192. The smallest absolute Gasteiger partial charge is 0.475 e. The van der Waals surface area contributed by atoms with Crippen molar-refractivity contribution in [2.45, 2.75) is 44.1 Å². The van der Waals surface area contributed by atoms with Crippen molar-refractivity contribution in [1.29, 1.82) is 0 Å². The molecule has 2 fully saturated rings. The van der Waals surface area contributed by atoms with Gasteiger partial charge in [0.25, 0.3) is 0 Å². The molecule has 1 N–H and O–H groups in total. The first kappa shape index (κ1) is 23.4. The monoisotopic (exact) mass is 434 g/mol. The number of morpholine rings is 1. The first-order valence-corrected chi connectivity index (χ1v) is 10.1. The number of carbonyl (C=O) groups is 2. The summed E-state index contributed by atoms with van der Waals surface area (Å²) >= 11 is 1.81. The normalized spacial score (nSPS) is 22.1. The second kappa shape index (κ2) is 9.73. The maximum atomic E-state index is 12.0. The van der Waals surface area contributed by atoms with Crippen molar-refractivity contribution in [2.24, 2.45) is 0 Å². The van der Waals surface area contributed by atoms with Crippen LogP contribution >= 0.6 is 11.3 Å². The molecule has 1 atom stereocenters. The molecular formula is C19H25F3N2O4S. The summed E-state index contributed by atoms with van der Waals surface area (Å²) < 4.78 is 37.8. The minimum atomic E-state index is -5.08. The number of carboxylic acid groups (broad SMARTS) is 1. The average Bonchev–Trinajstić information content (AvgIpc) is 3.17. The van der Waals surface area contributed by atoms with E-state index in [9.17, 15) is 18.0 Å². The van der Waals surface area contributed by atoms with Crippen molar-refractivity contribution >= 4 is 23.2 Å². The number of amides is 1. The van der Waals surface area contributed by atoms with Gasteiger partial charge in [0, 0.05) is 31.1 Å². The fourth-order valence-electron chi connectivity index (χ4n) is 3.58. The molecule has 29 heavy (non-hydrogen) atoms. The molecule has 2 saturated heterocycles. The predicted molar refractivity (Wildman–Crippen MR) is 103 cm³/mol. The van der Waals surface area contributed by atoms with E-state index in [2.05, 4.69) is 35.9 Å². The molecule has 1 amide bonds. The van der Waals surface area contributed by atoms with Crippen molar-refractivity contribution in [2.75, 3.05) is 26.2 Å². The van der Waals surface area contributed by atoms with Gasteiger partial charge >= 0.3 is 12.1 Å². The average molecular weight is 434 g/mol. The maximum absolute atomic E-state index is 12.0. The third kappa shape index (κ3) is 6.03. The van der Waals surface area contributed by atoms with Crippen molar-refractivity contribution < 1.29 is 32.6 Å². The zero-order valence-corrected chi connectivity index (χ0v) is 17.0. The van der Waals surface area contributed by atoms with Crippen molar-refractivity contribution in [3.63, 3.8) is 0 Å². The zero-order chi connectivity index (χ0) is 21.7. The van der Waals surface area contributed by atoms with Crippen LogP contribution in [0.3, 0.4) is 0 Å². The quantitative estimate of drug-likeness (QED) is 0.738. The Morgan fingerprint density at radius 2 is 2.07 bits per heavy atom. The van der Waals surface area contributed by atoms with E-state index in [1.807, 2.05) is 16.2 Å². The van der Waals surface area contributed by atoms with E-state index in [-0.39, 0.29) is 24.2 Å². The molecule has 0 bridgehead atoms. The lowest BCUT2D eigenvalue weighted by Gasteiger charge is -2.51. The highest BCUT2D eigenvalue weighted by molar-refractivity contribution is 7.09. The van der Waals surface area contributed by atoms with Crippen molar-refractivity contribution in [3.05, 3.63) is 35.0 Å². The van der Waals surface area contributed by atoms with Crippen LogP contribution in [0.5, 0.6) is 0 Å². The minimum absolute atomic E-state index is 0.0824. The number of carbonyl (C=O) groups excluding carboxylic acids is 1. The number of piperidine rings is 1. The van der Waals surface area contributed by atoms with Crippen molar-refractivity contribution in [1.82, 2.24) is 9.80 Å². The molecule has 2 aliphatic rings. The number of hydrogen-bond acceptors (Lipinski definition) is 5. The largest absolute Gasteiger partial charge is 0.490 e. The summed E-state index contributed by atoms with van der Waals surface area (Å²) in [5.41, 5.74) is -0.178. The van der Waals surface area contributed by atoms with Crippen LogP contribution in [0.15, 0.2) is 30.2 Å². The summed E-state index contributed by atoms with van der Waals surface area (Å²) in [6.07, 6.45) is -1.31. The minimum Gasteiger partial charge on any atom is -0.475 e. The molecule has 6 nitrogen and oxygen atoms in total. The molecule has 10 heteroatoms. The fraction of sp³-hybridized carbons (Fsp3) is 0.579. The lowest BCUT2D eigenvalue weighted by Crippen LogP contribution is -2.63. The first-order valence-electron chi connectivity index (χ1n) is 9.18. The van der Waals surface area contributed by atoms with Crippen LogP contribution in [0.1, 0.15) is 24.6 Å². The summed E-state index contributed by atoms with van der Waals surface area (Å²) in [6, 6.07) is 4.42. The van der Waals surface area contributed by atoms with Crippen LogP contribution in [0.2, 0.25) is 0 Å². The first-order chi connectivity index (χ1) is 13.6. The molecule has 2 aliphatic heterocycles. The highest BCUT2D eigenvalue weighted by Gasteiger charge is 2.47. The topological polar surface area (TPSA) is 70.1 Å². The predicted octanol–water partition coefficient (Wildman–Crippen LogP) is 3.15. The Balaban J connectivity index is 0.000000370. The number of carboxylic acids is 1. The van der Waals surface area contributed by atoms with E-state index in [0.29, 0.717) is 6.54 Å². The SMILES string of the molecule is C=CCN1C(=O)COC2(CCN(Cc3cccs3)CC2)C1C.O=C(O)C(F)(F)F. The Labute approximate surface area is 171 Å². The molecule has 1 aromatic heterocycles. The Bertz CT molecular complexity index is 701. The molecule has 3 heterocycles. The van der Waals surface area contributed by atoms with E-state index in [0.717, 1.165) is 32.5 Å². The van der Waals surface area contributed by atoms with Gasteiger partial charge < -0.3 is 14.7 Å². The van der Waals surface area contributed by atoms with Gasteiger partial charge in [0.1, 0.15) is 6.61 Å². The number of alkyl halides is 3. The second-order valence-corrected chi connectivity index (χ2v) is 8.05. The summed E-state index contributed by atoms with van der Waals surface area (Å²) in [5.74, 6) is -2.67. The van der Waals surface area contributed by atoms with Gasteiger partial charge in [0.2, 0.25) is 5.91 Å². The van der Waals surface area contributed by atoms with Gasteiger partial charge in [-0.05, 0) is 31.2 Å². The van der Waals surface area contributed by atoms with E-state index in [1.165, 1.54) is 4.88 Å². The van der Waals surface area contributed by atoms with Gasteiger partial charge in [-0.2, -0.15) is 13.2 Å². The molecule has 0 aromatic carbocycles. The molecule has 1 unspecified atom stereocenters. The standard InChI is InChI=1S/C17H24N2O2S.C2HF3O2/c1-3-8-19-14(2)17(21-13-16(19)20)6-9-18(10-7-17)12-15-5-4-11-22-15;3-2(4,5)1(6)7/h3-5,11,14H,1,6-10,12-13H2,2H3;(H,6,7). The number of rotatable bonds is 4. The fourth-order valence-corrected chi connectivity index (χ4v) is 4.33. The van der Waals surface area contributed by atoms with Gasteiger partial charge in [-0.25, -0.2) is 4.79 Å². The lowest BCUT2D eigenvalue weighted by atomic mass is 9.82. The number of likely N-dealkylation sites (tertiary alicyclic amines) is 1. The van der Waals surface area contributed by atoms with Gasteiger partial charge in [0.15, 0.2) is 0 Å². The molecule has 0 aliphatic carbocycles. The van der Waals surface area contributed by atoms with E-state index in [4.69, 9.17) is 14.6 Å². The number of thiophene rings is 1. The van der Waals surface area contributed by atoms with Gasteiger partial charge in [-0.1, -0.05) is 12.1 Å². The summed E-state index contributed by atoms with van der Waals surface area (Å²) in [6.45, 7) is 9.79. The van der Waals surface area contributed by atoms with Gasteiger partial charge in [0.05, 0.1) is 11.6 Å². The molecule has 0 radical (unpaired) electrons. The molecule has 0 saturated carbocycles. The van der Waals surface area contributed by atoms with Gasteiger partial charge in [-0.15, -0.1) is 17.9 Å². The van der Waals surface area contributed by atoms with Crippen LogP contribution in [0, 0.1) is 0 Å². The highest BCUT2D eigenvalue weighted by Crippen LogP contribution is 2.36. The molecule has 1 spiro atoms. The molecule has 1 aromatic rings. The van der Waals surface area contributed by atoms with Crippen LogP contribution in [-0.4, -0.2) is 70.8 Å². The van der Waals surface area contributed by atoms with Crippen LogP contribution < -0.4 is 0 Å². The third-order valence-corrected chi connectivity index (χ3v) is 6.12. The van der Waals surface area contributed by atoms with Crippen LogP contribution in [0.4, 0.5) is 13.2 Å². The zero-order valence-electron chi connectivity index (χ0n) is 16.2. The number of ether oxygens (including phenoxy) is 1. The summed E-state index contributed by atoms with van der Waals surface area (Å²) in [5, 5.41) is 9.26. The van der Waals surface area contributed by atoms with E-state index < -0.39 is 12.1 Å². The molecule has 162 valence electrons.